The molecule has 1 aliphatic carbocycles. The Hall–Kier alpha value is -2.36. The number of rotatable bonds is 8. The molecular formula is C21H30N4. The summed E-state index contributed by atoms with van der Waals surface area (Å²) in [4.78, 5) is 7.10. The van der Waals surface area contributed by atoms with E-state index < -0.39 is 0 Å². The van der Waals surface area contributed by atoms with Crippen molar-refractivity contribution in [2.24, 2.45) is 10.7 Å². The average molecular weight is 338 g/mol. The first-order chi connectivity index (χ1) is 12.0. The number of nitrogens with zero attached hydrogens (tertiary/aromatic N) is 2. The summed E-state index contributed by atoms with van der Waals surface area (Å²) in [7, 11) is 0. The van der Waals surface area contributed by atoms with Crippen molar-refractivity contribution in [2.45, 2.75) is 46.5 Å². The molecule has 1 aliphatic rings. The number of aliphatic imine (C=N–C) groups is 1. The highest BCUT2D eigenvalue weighted by atomic mass is 15.1. The van der Waals surface area contributed by atoms with Gasteiger partial charge in [0.05, 0.1) is 22.8 Å². The number of benzene rings is 1. The van der Waals surface area contributed by atoms with Crippen LogP contribution in [-0.2, 0) is 0 Å². The lowest BCUT2D eigenvalue weighted by Crippen LogP contribution is -2.25. The predicted octanol–water partition coefficient (Wildman–Crippen LogP) is 4.99. The molecule has 0 aliphatic heterocycles. The maximum Gasteiger partial charge on any atom is 0.0870 e. The molecule has 0 bridgehead atoms. The van der Waals surface area contributed by atoms with E-state index in [0.29, 0.717) is 11.4 Å². The van der Waals surface area contributed by atoms with Crippen molar-refractivity contribution in [3.63, 3.8) is 0 Å². The number of anilines is 1. The van der Waals surface area contributed by atoms with E-state index in [1.54, 1.807) is 6.08 Å². The Kier molecular flexibility index (Phi) is 6.99. The number of nitrogens with one attached hydrogen (secondary N) is 1. The molecule has 2 rings (SSSR count). The van der Waals surface area contributed by atoms with Crippen LogP contribution in [0.25, 0.3) is 0 Å². The normalized spacial score (nSPS) is 16.0. The molecule has 4 heteroatoms. The minimum Gasteiger partial charge on any atom is -0.397 e. The van der Waals surface area contributed by atoms with Crippen LogP contribution in [0.2, 0.25) is 0 Å². The standard InChI is InChI=1S/C21H30N4/c1-4-6-12-25(13-7-5-2)18-10-8-17(9-11-18)24-21-14-16(3)19(22)15-20(21)23/h8-11,14-15,22H,4-7,12-13,23H2,1-3H3. The quantitative estimate of drug-likeness (QED) is 0.656. The molecule has 0 radical (unpaired) electrons. The number of unbranched alkanes of at least 4 members (excludes halogenated alkanes) is 2. The third-order valence-electron chi connectivity index (χ3n) is 4.40. The first-order valence-electron chi connectivity index (χ1n) is 9.23. The van der Waals surface area contributed by atoms with E-state index in [2.05, 4.69) is 35.9 Å². The number of hydrogen-bond donors (Lipinski definition) is 2. The van der Waals surface area contributed by atoms with Crippen molar-refractivity contribution in [1.82, 2.24) is 0 Å². The van der Waals surface area contributed by atoms with Gasteiger partial charge in [-0.15, -0.1) is 0 Å². The van der Waals surface area contributed by atoms with Gasteiger partial charge in [-0.05, 0) is 61.8 Å². The highest BCUT2D eigenvalue weighted by Crippen LogP contribution is 2.22. The van der Waals surface area contributed by atoms with Gasteiger partial charge < -0.3 is 16.0 Å². The zero-order chi connectivity index (χ0) is 18.2. The van der Waals surface area contributed by atoms with Gasteiger partial charge in [-0.1, -0.05) is 26.7 Å². The van der Waals surface area contributed by atoms with Crippen LogP contribution >= 0.6 is 0 Å². The lowest BCUT2D eigenvalue weighted by atomic mass is 10.0. The van der Waals surface area contributed by atoms with E-state index in [1.165, 1.54) is 31.4 Å². The van der Waals surface area contributed by atoms with Gasteiger partial charge in [-0.25, -0.2) is 4.99 Å². The van der Waals surface area contributed by atoms with Crippen LogP contribution in [0.5, 0.6) is 0 Å². The molecule has 0 fully saturated rings. The zero-order valence-electron chi connectivity index (χ0n) is 15.7. The fraction of sp³-hybridized carbons (Fsp3) is 0.429. The van der Waals surface area contributed by atoms with Crippen LogP contribution in [0, 0.1) is 5.41 Å². The summed E-state index contributed by atoms with van der Waals surface area (Å²) >= 11 is 0. The summed E-state index contributed by atoms with van der Waals surface area (Å²) in [6.45, 7) is 8.57. The molecule has 0 saturated heterocycles. The minimum atomic E-state index is 0.453. The van der Waals surface area contributed by atoms with Gasteiger partial charge in [-0.3, -0.25) is 0 Å². The number of hydrogen-bond acceptors (Lipinski definition) is 4. The second-order valence-electron chi connectivity index (χ2n) is 6.55. The molecule has 0 saturated carbocycles. The molecule has 0 spiro atoms. The minimum absolute atomic E-state index is 0.453. The van der Waals surface area contributed by atoms with Crippen molar-refractivity contribution in [3.8, 4) is 0 Å². The van der Waals surface area contributed by atoms with E-state index in [4.69, 9.17) is 11.1 Å². The van der Waals surface area contributed by atoms with Crippen molar-refractivity contribution in [1.29, 1.82) is 5.41 Å². The van der Waals surface area contributed by atoms with Crippen LogP contribution in [0.15, 0.2) is 52.7 Å². The zero-order valence-corrected chi connectivity index (χ0v) is 15.7. The largest absolute Gasteiger partial charge is 0.397 e. The van der Waals surface area contributed by atoms with Crippen LogP contribution in [-0.4, -0.2) is 24.5 Å². The highest BCUT2D eigenvalue weighted by molar-refractivity contribution is 6.22. The average Bonchev–Trinajstić information content (AvgIpc) is 2.61. The Morgan fingerprint density at radius 2 is 1.60 bits per heavy atom. The lowest BCUT2D eigenvalue weighted by molar-refractivity contribution is 0.678. The second-order valence-corrected chi connectivity index (χ2v) is 6.55. The van der Waals surface area contributed by atoms with Gasteiger partial charge in [0.25, 0.3) is 0 Å². The smallest absolute Gasteiger partial charge is 0.0870 e. The molecule has 1 aromatic rings. The van der Waals surface area contributed by atoms with Gasteiger partial charge in [0, 0.05) is 18.8 Å². The fourth-order valence-corrected chi connectivity index (χ4v) is 2.75. The Balaban J connectivity index is 2.16. The molecule has 0 amide bonds. The van der Waals surface area contributed by atoms with Gasteiger partial charge in [0.1, 0.15) is 0 Å². The second kappa shape index (κ2) is 9.21. The van der Waals surface area contributed by atoms with Gasteiger partial charge >= 0.3 is 0 Å². The molecule has 4 nitrogen and oxygen atoms in total. The third kappa shape index (κ3) is 5.31. The Morgan fingerprint density at radius 3 is 2.16 bits per heavy atom. The molecular weight excluding hydrogens is 308 g/mol. The topological polar surface area (TPSA) is 65.5 Å². The summed E-state index contributed by atoms with van der Waals surface area (Å²) in [5.41, 5.74) is 10.8. The Bertz CT molecular complexity index is 672. The first kappa shape index (κ1) is 19.0. The molecule has 0 atom stereocenters. The predicted molar refractivity (Wildman–Crippen MR) is 109 cm³/mol. The number of allylic oxidation sites excluding steroid dienone is 3. The summed E-state index contributed by atoms with van der Waals surface area (Å²) in [5, 5.41) is 7.80. The summed E-state index contributed by atoms with van der Waals surface area (Å²) < 4.78 is 0. The van der Waals surface area contributed by atoms with Gasteiger partial charge in [0.15, 0.2) is 0 Å². The van der Waals surface area contributed by atoms with Crippen molar-refractivity contribution in [3.05, 3.63) is 47.7 Å². The molecule has 0 heterocycles. The van der Waals surface area contributed by atoms with E-state index in [9.17, 15) is 0 Å². The van der Waals surface area contributed by atoms with Crippen LogP contribution < -0.4 is 10.6 Å². The van der Waals surface area contributed by atoms with Crippen LogP contribution in [0.4, 0.5) is 11.4 Å². The first-order valence-corrected chi connectivity index (χ1v) is 9.23. The molecule has 0 aromatic heterocycles. The highest BCUT2D eigenvalue weighted by Gasteiger charge is 2.11. The van der Waals surface area contributed by atoms with E-state index in [-0.39, 0.29) is 0 Å². The van der Waals surface area contributed by atoms with Crippen LogP contribution in [0.1, 0.15) is 46.5 Å². The van der Waals surface area contributed by atoms with Crippen molar-refractivity contribution in [2.75, 3.05) is 18.0 Å². The van der Waals surface area contributed by atoms with Crippen molar-refractivity contribution >= 4 is 22.8 Å². The van der Waals surface area contributed by atoms with Gasteiger partial charge in [-0.2, -0.15) is 0 Å². The maximum absolute atomic E-state index is 7.80. The van der Waals surface area contributed by atoms with E-state index in [0.717, 1.165) is 30.1 Å². The van der Waals surface area contributed by atoms with E-state index in [1.807, 2.05) is 25.1 Å². The van der Waals surface area contributed by atoms with Crippen LogP contribution in [0.3, 0.4) is 0 Å². The number of nitrogens with two attached hydrogens (primary N) is 1. The SMILES string of the molecule is CCCCN(CCCC)c1ccc(N=C2C=C(C)C(=N)C=C2N)cc1. The summed E-state index contributed by atoms with van der Waals surface area (Å²) in [6.07, 6.45) is 8.39. The Labute approximate surface area is 151 Å². The van der Waals surface area contributed by atoms with Crippen molar-refractivity contribution < 1.29 is 0 Å². The molecule has 0 unspecified atom stereocenters. The summed E-state index contributed by atoms with van der Waals surface area (Å²) in [5.74, 6) is 0. The van der Waals surface area contributed by atoms with E-state index >= 15 is 0 Å². The lowest BCUT2D eigenvalue weighted by Gasteiger charge is -2.24. The molecule has 1 aromatic carbocycles. The molecule has 134 valence electrons. The fourth-order valence-electron chi connectivity index (χ4n) is 2.75. The maximum atomic E-state index is 7.80. The third-order valence-corrected chi connectivity index (χ3v) is 4.40. The summed E-state index contributed by atoms with van der Waals surface area (Å²) in [6, 6.07) is 8.38. The molecule has 25 heavy (non-hydrogen) atoms. The van der Waals surface area contributed by atoms with Gasteiger partial charge in [0.2, 0.25) is 0 Å². The Morgan fingerprint density at radius 1 is 1.00 bits per heavy atom. The monoisotopic (exact) mass is 338 g/mol. The molecule has 3 N–H and O–H groups in total.